The Balaban J connectivity index is 1.92. The Hall–Kier alpha value is -2.44. The lowest BCUT2D eigenvalue weighted by Gasteiger charge is -1.95. The molecule has 5 nitrogen and oxygen atoms in total. The molecule has 0 radical (unpaired) electrons. The normalized spacial score (nSPS) is 11.4. The summed E-state index contributed by atoms with van der Waals surface area (Å²) in [6.07, 6.45) is 0. The van der Waals surface area contributed by atoms with Crippen LogP contribution in [0.15, 0.2) is 36.4 Å². The van der Waals surface area contributed by atoms with E-state index in [0.717, 1.165) is 32.0 Å². The van der Waals surface area contributed by atoms with E-state index in [1.54, 1.807) is 6.07 Å². The van der Waals surface area contributed by atoms with Gasteiger partial charge in [0.25, 0.3) is 5.69 Å². The summed E-state index contributed by atoms with van der Waals surface area (Å²) in [5.74, 6) is 0.745. The van der Waals surface area contributed by atoms with Gasteiger partial charge < -0.3 is 4.98 Å². The highest BCUT2D eigenvalue weighted by Crippen LogP contribution is 2.40. The van der Waals surface area contributed by atoms with Gasteiger partial charge in [-0.2, -0.15) is 0 Å². The molecule has 7 heteroatoms. The number of thiophene rings is 1. The molecular weight excluding hydrogens is 334 g/mol. The zero-order valence-corrected chi connectivity index (χ0v) is 13.5. The Kier molecular flexibility index (Phi) is 3.11. The quantitative estimate of drug-likeness (QED) is 0.395. The van der Waals surface area contributed by atoms with Gasteiger partial charge in [0, 0.05) is 16.2 Å². The van der Waals surface area contributed by atoms with Crippen LogP contribution in [0.25, 0.3) is 31.8 Å². The number of H-pyrrole nitrogens is 1. The van der Waals surface area contributed by atoms with Crippen LogP contribution in [0.5, 0.6) is 0 Å². The number of aromatic amines is 1. The van der Waals surface area contributed by atoms with Gasteiger partial charge in [-0.15, -0.1) is 11.3 Å². The highest BCUT2D eigenvalue weighted by Gasteiger charge is 2.18. The topological polar surface area (TPSA) is 71.8 Å². The van der Waals surface area contributed by atoms with Crippen molar-refractivity contribution in [3.05, 3.63) is 57.1 Å². The number of benzene rings is 2. The zero-order chi connectivity index (χ0) is 16.1. The molecule has 4 rings (SSSR count). The second-order valence-corrected chi connectivity index (χ2v) is 6.70. The molecule has 114 valence electrons. The van der Waals surface area contributed by atoms with Gasteiger partial charge >= 0.3 is 0 Å². The number of aromatic nitrogens is 2. The number of hydrogen-bond donors (Lipinski definition) is 1. The number of nitro groups is 1. The van der Waals surface area contributed by atoms with E-state index in [1.807, 2.05) is 31.2 Å². The molecule has 0 spiro atoms. The third-order valence-corrected chi connectivity index (χ3v) is 5.26. The maximum atomic E-state index is 11.0. The molecule has 0 aliphatic carbocycles. The molecule has 2 aromatic carbocycles. The number of para-hydroxylation sites is 1. The molecule has 2 aromatic heterocycles. The van der Waals surface area contributed by atoms with Crippen LogP contribution in [0, 0.1) is 17.0 Å². The molecule has 0 bridgehead atoms. The van der Waals surface area contributed by atoms with Crippen LogP contribution in [-0.2, 0) is 0 Å². The molecular formula is C16H10ClN3O2S. The Bertz CT molecular complexity index is 1080. The minimum atomic E-state index is -0.469. The number of nitro benzene ring substituents is 1. The van der Waals surface area contributed by atoms with Gasteiger partial charge in [-0.3, -0.25) is 10.1 Å². The summed E-state index contributed by atoms with van der Waals surface area (Å²) < 4.78 is 0.896. The highest BCUT2D eigenvalue weighted by molar-refractivity contribution is 7.22. The maximum absolute atomic E-state index is 11.0. The lowest BCUT2D eigenvalue weighted by Crippen LogP contribution is -1.88. The van der Waals surface area contributed by atoms with Crippen LogP contribution in [-0.4, -0.2) is 14.9 Å². The lowest BCUT2D eigenvalue weighted by atomic mass is 10.2. The number of fused-ring (bicyclic) bond motifs is 2. The number of nitrogens with zero attached hydrogens (tertiary/aromatic N) is 2. The molecule has 0 aliphatic rings. The van der Waals surface area contributed by atoms with Gasteiger partial charge in [0.05, 0.1) is 20.8 Å². The Morgan fingerprint density at radius 2 is 2.13 bits per heavy atom. The second-order valence-electron chi connectivity index (χ2n) is 5.23. The van der Waals surface area contributed by atoms with Crippen molar-refractivity contribution in [1.82, 2.24) is 9.97 Å². The third kappa shape index (κ3) is 2.18. The number of rotatable bonds is 2. The average molecular weight is 344 g/mol. The largest absolute Gasteiger partial charge is 0.337 e. The van der Waals surface area contributed by atoms with Crippen molar-refractivity contribution in [2.24, 2.45) is 0 Å². The first-order valence-corrected chi connectivity index (χ1v) is 8.06. The second kappa shape index (κ2) is 5.04. The van der Waals surface area contributed by atoms with Crippen molar-refractivity contribution in [3.8, 4) is 10.7 Å². The van der Waals surface area contributed by atoms with E-state index in [9.17, 15) is 10.1 Å². The minimum Gasteiger partial charge on any atom is -0.337 e. The van der Waals surface area contributed by atoms with E-state index in [2.05, 4.69) is 9.97 Å². The molecule has 0 saturated carbocycles. The molecule has 0 saturated heterocycles. The van der Waals surface area contributed by atoms with Crippen LogP contribution < -0.4 is 0 Å². The van der Waals surface area contributed by atoms with Gasteiger partial charge in [-0.25, -0.2) is 4.98 Å². The first-order valence-electron chi connectivity index (χ1n) is 6.87. The molecule has 0 aliphatic heterocycles. The van der Waals surface area contributed by atoms with E-state index in [-0.39, 0.29) is 10.7 Å². The number of halogens is 1. The summed E-state index contributed by atoms with van der Waals surface area (Å²) >= 11 is 7.68. The molecule has 23 heavy (non-hydrogen) atoms. The average Bonchev–Trinajstić information content (AvgIpc) is 3.11. The first kappa shape index (κ1) is 14.2. The van der Waals surface area contributed by atoms with E-state index < -0.39 is 4.92 Å². The van der Waals surface area contributed by atoms with Crippen molar-refractivity contribution in [2.45, 2.75) is 6.92 Å². The summed E-state index contributed by atoms with van der Waals surface area (Å²) in [6.45, 7) is 2.01. The highest BCUT2D eigenvalue weighted by atomic mass is 35.5. The van der Waals surface area contributed by atoms with Crippen LogP contribution in [0.2, 0.25) is 5.02 Å². The van der Waals surface area contributed by atoms with E-state index >= 15 is 0 Å². The predicted octanol–water partition coefficient (Wildman–Crippen LogP) is 5.31. The fraction of sp³-hybridized carbons (Fsp3) is 0.0625. The Labute approximate surface area is 139 Å². The molecule has 1 N–H and O–H groups in total. The van der Waals surface area contributed by atoms with Crippen molar-refractivity contribution >= 4 is 49.7 Å². The van der Waals surface area contributed by atoms with E-state index in [1.165, 1.54) is 17.4 Å². The molecule has 4 aromatic rings. The molecule has 2 heterocycles. The number of aryl methyl sites for hydroxylation is 1. The zero-order valence-electron chi connectivity index (χ0n) is 12.0. The number of hydrogen-bond acceptors (Lipinski definition) is 4. The van der Waals surface area contributed by atoms with E-state index in [4.69, 9.17) is 11.6 Å². The maximum Gasteiger partial charge on any atom is 0.288 e. The van der Waals surface area contributed by atoms with E-state index in [0.29, 0.717) is 5.39 Å². The standard InChI is InChI=1S/C16H10ClN3O2S/c1-8-3-2-4-10-15(8)19-16(18-10)13-7-9-12(23-13)6-5-11(14(9)17)20(21)22/h2-7H,1H3,(H,18,19). The molecule has 0 atom stereocenters. The molecule has 0 unspecified atom stereocenters. The van der Waals surface area contributed by atoms with Crippen LogP contribution in [0.3, 0.4) is 0 Å². The fourth-order valence-corrected chi connectivity index (χ4v) is 3.97. The minimum absolute atomic E-state index is 0.0797. The van der Waals surface area contributed by atoms with Crippen molar-refractivity contribution in [2.75, 3.05) is 0 Å². The Morgan fingerprint density at radius 1 is 1.30 bits per heavy atom. The summed E-state index contributed by atoms with van der Waals surface area (Å²) in [4.78, 5) is 19.4. The van der Waals surface area contributed by atoms with Crippen LogP contribution in [0.1, 0.15) is 5.56 Å². The number of imidazole rings is 1. The van der Waals surface area contributed by atoms with Gasteiger partial charge in [0.15, 0.2) is 0 Å². The van der Waals surface area contributed by atoms with Gasteiger partial charge in [-0.1, -0.05) is 23.7 Å². The lowest BCUT2D eigenvalue weighted by molar-refractivity contribution is -0.384. The molecule has 0 amide bonds. The SMILES string of the molecule is Cc1cccc2[nH]c(-c3cc4c(Cl)c([N+](=O)[O-])ccc4s3)nc12. The monoisotopic (exact) mass is 343 g/mol. The number of nitrogens with one attached hydrogen (secondary N) is 1. The third-order valence-electron chi connectivity index (χ3n) is 3.76. The summed E-state index contributed by atoms with van der Waals surface area (Å²) in [7, 11) is 0. The summed E-state index contributed by atoms with van der Waals surface area (Å²) in [6, 6.07) is 11.0. The van der Waals surface area contributed by atoms with Crippen LogP contribution in [0.4, 0.5) is 5.69 Å². The Morgan fingerprint density at radius 3 is 2.87 bits per heavy atom. The summed E-state index contributed by atoms with van der Waals surface area (Å²) in [5.41, 5.74) is 2.91. The fourth-order valence-electron chi connectivity index (χ4n) is 2.62. The predicted molar refractivity (Wildman–Crippen MR) is 93.3 cm³/mol. The first-order chi connectivity index (χ1) is 11.0. The van der Waals surface area contributed by atoms with Gasteiger partial charge in [0.1, 0.15) is 10.8 Å². The van der Waals surface area contributed by atoms with Crippen LogP contribution >= 0.6 is 22.9 Å². The summed E-state index contributed by atoms with van der Waals surface area (Å²) in [5, 5.41) is 11.9. The van der Waals surface area contributed by atoms with Gasteiger partial charge in [0.2, 0.25) is 0 Å². The van der Waals surface area contributed by atoms with Crippen molar-refractivity contribution in [3.63, 3.8) is 0 Å². The van der Waals surface area contributed by atoms with Gasteiger partial charge in [-0.05, 0) is 30.7 Å². The smallest absolute Gasteiger partial charge is 0.288 e. The molecule has 0 fully saturated rings. The van der Waals surface area contributed by atoms with Crippen molar-refractivity contribution < 1.29 is 4.92 Å². The van der Waals surface area contributed by atoms with Crippen molar-refractivity contribution in [1.29, 1.82) is 0 Å².